The number of nitrogens with zero attached hydrogens (tertiary/aromatic N) is 3. The van der Waals surface area contributed by atoms with Gasteiger partial charge in [0.25, 0.3) is 5.91 Å². The van der Waals surface area contributed by atoms with Crippen LogP contribution in [0.15, 0.2) is 70.2 Å². The van der Waals surface area contributed by atoms with Gasteiger partial charge in [-0.25, -0.2) is 13.4 Å². The van der Waals surface area contributed by atoms with Crippen LogP contribution in [0.3, 0.4) is 0 Å². The number of carbonyl (C=O) groups is 1. The van der Waals surface area contributed by atoms with Crippen LogP contribution in [-0.2, 0) is 16.6 Å². The molecular weight excluding hydrogens is 510 g/mol. The van der Waals surface area contributed by atoms with Gasteiger partial charge < -0.3 is 9.15 Å². The standard InChI is InChI=1S/C27H31N3O5S2/c1-4-16-29(17-5-2)37(32,33)22-14-12-20(13-15-22)26(31)30(19-21-9-8-18-35-21)27-28-25-23(34-6-3)10-7-11-24(25)36-27/h7-15,18H,4-6,16-17,19H2,1-3H3. The highest BCUT2D eigenvalue weighted by Crippen LogP contribution is 2.35. The molecule has 0 atom stereocenters. The molecule has 0 saturated heterocycles. The molecule has 2 aromatic heterocycles. The highest BCUT2D eigenvalue weighted by Gasteiger charge is 2.26. The maximum absolute atomic E-state index is 13.7. The summed E-state index contributed by atoms with van der Waals surface area (Å²) in [5.41, 5.74) is 1.04. The first-order valence-corrected chi connectivity index (χ1v) is 14.6. The van der Waals surface area contributed by atoms with E-state index in [4.69, 9.17) is 14.1 Å². The number of fused-ring (bicyclic) bond motifs is 1. The zero-order valence-electron chi connectivity index (χ0n) is 21.2. The van der Waals surface area contributed by atoms with E-state index in [1.807, 2.05) is 39.0 Å². The molecule has 0 aliphatic rings. The number of anilines is 1. The van der Waals surface area contributed by atoms with Crippen molar-refractivity contribution in [2.45, 2.75) is 45.1 Å². The molecule has 196 valence electrons. The molecule has 4 rings (SSSR count). The van der Waals surface area contributed by atoms with Gasteiger partial charge in [-0.15, -0.1) is 0 Å². The third-order valence-corrected chi connectivity index (χ3v) is 8.68. The number of hydrogen-bond acceptors (Lipinski definition) is 7. The van der Waals surface area contributed by atoms with Crippen molar-refractivity contribution in [3.05, 3.63) is 72.2 Å². The summed E-state index contributed by atoms with van der Waals surface area (Å²) in [5, 5.41) is 0.498. The van der Waals surface area contributed by atoms with E-state index < -0.39 is 10.0 Å². The average Bonchev–Trinajstić information content (AvgIpc) is 3.57. The Hall–Kier alpha value is -3.21. The molecule has 2 aromatic carbocycles. The highest BCUT2D eigenvalue weighted by atomic mass is 32.2. The number of rotatable bonds is 12. The zero-order valence-corrected chi connectivity index (χ0v) is 22.8. The summed E-state index contributed by atoms with van der Waals surface area (Å²) in [4.78, 5) is 20.2. The number of aromatic nitrogens is 1. The molecule has 0 saturated carbocycles. The molecule has 4 aromatic rings. The van der Waals surface area contributed by atoms with Crippen molar-refractivity contribution in [1.29, 1.82) is 0 Å². The van der Waals surface area contributed by atoms with E-state index in [0.29, 0.717) is 47.4 Å². The third kappa shape index (κ3) is 5.87. The van der Waals surface area contributed by atoms with Crippen LogP contribution in [0.2, 0.25) is 0 Å². The van der Waals surface area contributed by atoms with Gasteiger partial charge in [0.05, 0.1) is 29.0 Å². The molecule has 1 amide bonds. The van der Waals surface area contributed by atoms with Gasteiger partial charge in [0.1, 0.15) is 17.0 Å². The van der Waals surface area contributed by atoms with Crippen molar-refractivity contribution in [3.63, 3.8) is 0 Å². The van der Waals surface area contributed by atoms with Crippen LogP contribution in [0.25, 0.3) is 10.2 Å². The lowest BCUT2D eigenvalue weighted by Gasteiger charge is -2.21. The van der Waals surface area contributed by atoms with Crippen LogP contribution >= 0.6 is 11.3 Å². The predicted molar refractivity (Wildman–Crippen MR) is 146 cm³/mol. The lowest BCUT2D eigenvalue weighted by Crippen LogP contribution is -2.33. The predicted octanol–water partition coefficient (Wildman–Crippen LogP) is 5.95. The molecule has 0 spiro atoms. The Kier molecular flexibility index (Phi) is 8.63. The maximum Gasteiger partial charge on any atom is 0.260 e. The first kappa shape index (κ1) is 26.8. The first-order chi connectivity index (χ1) is 17.9. The lowest BCUT2D eigenvalue weighted by molar-refractivity contribution is 0.0983. The SMILES string of the molecule is CCCN(CCC)S(=O)(=O)c1ccc(C(=O)N(Cc2ccco2)c2nc3c(OCC)cccc3s2)cc1. The second-order valence-corrected chi connectivity index (χ2v) is 11.4. The highest BCUT2D eigenvalue weighted by molar-refractivity contribution is 7.89. The fourth-order valence-electron chi connectivity index (χ4n) is 4.01. The third-order valence-electron chi connectivity index (χ3n) is 5.73. The quantitative estimate of drug-likeness (QED) is 0.220. The van der Waals surface area contributed by atoms with Crippen molar-refractivity contribution in [2.75, 3.05) is 24.6 Å². The van der Waals surface area contributed by atoms with Crippen molar-refractivity contribution >= 4 is 42.6 Å². The molecule has 0 fully saturated rings. The Labute approximate surface area is 221 Å². The van der Waals surface area contributed by atoms with E-state index in [1.54, 1.807) is 35.4 Å². The average molecular weight is 542 g/mol. The van der Waals surface area contributed by atoms with Gasteiger partial charge in [0.15, 0.2) is 5.13 Å². The molecular formula is C27H31N3O5S2. The van der Waals surface area contributed by atoms with Crippen LogP contribution in [-0.4, -0.2) is 43.3 Å². The topological polar surface area (TPSA) is 93.0 Å². The van der Waals surface area contributed by atoms with E-state index in [9.17, 15) is 13.2 Å². The minimum Gasteiger partial charge on any atom is -0.492 e. The van der Waals surface area contributed by atoms with Gasteiger partial charge in [-0.2, -0.15) is 4.31 Å². The number of para-hydroxylation sites is 1. The summed E-state index contributed by atoms with van der Waals surface area (Å²) in [6.07, 6.45) is 3.01. The number of benzene rings is 2. The summed E-state index contributed by atoms with van der Waals surface area (Å²) >= 11 is 1.38. The Morgan fingerprint density at radius 1 is 1.00 bits per heavy atom. The van der Waals surface area contributed by atoms with Crippen LogP contribution in [0, 0.1) is 0 Å². The molecule has 37 heavy (non-hydrogen) atoms. The van der Waals surface area contributed by atoms with E-state index in [0.717, 1.165) is 17.5 Å². The van der Waals surface area contributed by atoms with Crippen molar-refractivity contribution in [3.8, 4) is 5.75 Å². The molecule has 0 aliphatic carbocycles. The summed E-state index contributed by atoms with van der Waals surface area (Å²) in [5.74, 6) is 0.953. The van der Waals surface area contributed by atoms with Crippen molar-refractivity contribution < 1.29 is 22.4 Å². The van der Waals surface area contributed by atoms with Crippen LogP contribution in [0.1, 0.15) is 49.7 Å². The van der Waals surface area contributed by atoms with Gasteiger partial charge in [0, 0.05) is 18.7 Å². The Morgan fingerprint density at radius 2 is 1.73 bits per heavy atom. The number of amides is 1. The Bertz CT molecular complexity index is 1420. The zero-order chi connectivity index (χ0) is 26.4. The van der Waals surface area contributed by atoms with Gasteiger partial charge in [0.2, 0.25) is 10.0 Å². The minimum absolute atomic E-state index is 0.171. The fraction of sp³-hybridized carbons (Fsp3) is 0.333. The summed E-state index contributed by atoms with van der Waals surface area (Å²) in [7, 11) is -3.64. The molecule has 10 heteroatoms. The summed E-state index contributed by atoms with van der Waals surface area (Å²) in [6.45, 7) is 7.40. The second kappa shape index (κ2) is 11.9. The maximum atomic E-state index is 13.7. The summed E-state index contributed by atoms with van der Waals surface area (Å²) < 4.78 is 39.9. The molecule has 2 heterocycles. The molecule has 0 unspecified atom stereocenters. The number of hydrogen-bond donors (Lipinski definition) is 0. The van der Waals surface area contributed by atoms with E-state index in [1.165, 1.54) is 27.8 Å². The van der Waals surface area contributed by atoms with Gasteiger partial charge in [-0.05, 0) is 68.3 Å². The first-order valence-electron chi connectivity index (χ1n) is 12.4. The largest absolute Gasteiger partial charge is 0.492 e. The summed E-state index contributed by atoms with van der Waals surface area (Å²) in [6, 6.07) is 15.4. The molecule has 0 aliphatic heterocycles. The van der Waals surface area contributed by atoms with E-state index in [2.05, 4.69) is 0 Å². The van der Waals surface area contributed by atoms with Gasteiger partial charge >= 0.3 is 0 Å². The smallest absolute Gasteiger partial charge is 0.260 e. The van der Waals surface area contributed by atoms with Gasteiger partial charge in [-0.1, -0.05) is 31.3 Å². The number of thiazole rings is 1. The van der Waals surface area contributed by atoms with Gasteiger partial charge in [-0.3, -0.25) is 9.69 Å². The number of furan rings is 1. The number of ether oxygens (including phenoxy) is 1. The van der Waals surface area contributed by atoms with Crippen LogP contribution in [0.4, 0.5) is 5.13 Å². The molecule has 0 radical (unpaired) electrons. The minimum atomic E-state index is -3.64. The second-order valence-electron chi connectivity index (χ2n) is 8.43. The normalized spacial score (nSPS) is 11.8. The Balaban J connectivity index is 1.68. The molecule has 0 N–H and O–H groups in total. The Morgan fingerprint density at radius 3 is 2.35 bits per heavy atom. The monoisotopic (exact) mass is 541 g/mol. The van der Waals surface area contributed by atoms with Crippen molar-refractivity contribution in [1.82, 2.24) is 9.29 Å². The van der Waals surface area contributed by atoms with Crippen molar-refractivity contribution in [2.24, 2.45) is 0 Å². The van der Waals surface area contributed by atoms with Crippen LogP contribution < -0.4 is 9.64 Å². The molecule has 8 nitrogen and oxygen atoms in total. The number of sulfonamides is 1. The number of carbonyl (C=O) groups excluding carboxylic acids is 1. The molecule has 0 bridgehead atoms. The lowest BCUT2D eigenvalue weighted by atomic mass is 10.2. The van der Waals surface area contributed by atoms with E-state index >= 15 is 0 Å². The fourth-order valence-corrected chi connectivity index (χ4v) is 6.61. The van der Waals surface area contributed by atoms with Crippen LogP contribution in [0.5, 0.6) is 5.75 Å². The van der Waals surface area contributed by atoms with E-state index in [-0.39, 0.29) is 17.3 Å².